The minimum Gasteiger partial charge on any atom is -0.489 e. The molecule has 5 heteroatoms. The Morgan fingerprint density at radius 1 is 1.12 bits per heavy atom. The zero-order chi connectivity index (χ0) is 17.5. The third-order valence-electron chi connectivity index (χ3n) is 3.96. The van der Waals surface area contributed by atoms with Crippen LogP contribution in [0.5, 0.6) is 5.75 Å². The lowest BCUT2D eigenvalue weighted by Crippen LogP contribution is -2.28. The van der Waals surface area contributed by atoms with Gasteiger partial charge in [0, 0.05) is 21.6 Å². The van der Waals surface area contributed by atoms with E-state index in [1.54, 1.807) is 0 Å². The van der Waals surface area contributed by atoms with Crippen LogP contribution in [0, 0.1) is 0 Å². The van der Waals surface area contributed by atoms with Crippen molar-refractivity contribution in [1.29, 1.82) is 0 Å². The Labute approximate surface area is 157 Å². The summed E-state index contributed by atoms with van der Waals surface area (Å²) in [6.45, 7) is 7.01. The lowest BCUT2D eigenvalue weighted by atomic mass is 10.1. The maximum absolute atomic E-state index is 10.6. The lowest BCUT2D eigenvalue weighted by molar-refractivity contribution is 0.115. The first-order chi connectivity index (χ1) is 11.5. The molecule has 0 spiro atoms. The van der Waals surface area contributed by atoms with Gasteiger partial charge in [0.1, 0.15) is 12.4 Å². The minimum atomic E-state index is -0.595. The van der Waals surface area contributed by atoms with Crippen LogP contribution in [0.2, 0.25) is 5.02 Å². The number of halogens is 2. The number of hydrogen-bond donors (Lipinski definition) is 1. The smallest absolute Gasteiger partial charge is 0.125 e. The molecular weight excluding hydrogens is 390 g/mol. The van der Waals surface area contributed by atoms with Gasteiger partial charge in [-0.15, -0.1) is 0 Å². The highest BCUT2D eigenvalue weighted by molar-refractivity contribution is 9.10. The van der Waals surface area contributed by atoms with Crippen molar-refractivity contribution in [3.05, 3.63) is 63.1 Å². The van der Waals surface area contributed by atoms with Crippen molar-refractivity contribution in [2.75, 3.05) is 19.6 Å². The average molecular weight is 413 g/mol. The molecule has 0 bridgehead atoms. The van der Waals surface area contributed by atoms with Crippen molar-refractivity contribution in [1.82, 2.24) is 4.90 Å². The fourth-order valence-electron chi connectivity index (χ4n) is 2.48. The first-order valence-electron chi connectivity index (χ1n) is 8.10. The quantitative estimate of drug-likeness (QED) is 0.658. The number of likely N-dealkylation sites (N-methyl/N-ethyl adjacent to an activating group) is 1. The molecule has 0 aliphatic heterocycles. The summed E-state index contributed by atoms with van der Waals surface area (Å²) in [7, 11) is 0. The zero-order valence-corrected chi connectivity index (χ0v) is 16.3. The maximum atomic E-state index is 10.6. The Morgan fingerprint density at radius 2 is 1.79 bits per heavy atom. The Balaban J connectivity index is 2.12. The number of aliphatic hydroxyl groups excluding tert-OH is 1. The standard InChI is InChI=1S/C19H23BrClNO2/c1-3-22(4-2)12-18(23)17-11-15(20)7-10-19(17)24-13-14-5-8-16(21)9-6-14/h5-11,18,23H,3-4,12-13H2,1-2H3/t18-/m0/s1. The van der Waals surface area contributed by atoms with Gasteiger partial charge < -0.3 is 14.7 Å². The van der Waals surface area contributed by atoms with Gasteiger partial charge in [0.25, 0.3) is 0 Å². The summed E-state index contributed by atoms with van der Waals surface area (Å²) < 4.78 is 6.87. The second kappa shape index (κ2) is 9.42. The molecule has 0 saturated heterocycles. The first kappa shape index (κ1) is 19.3. The van der Waals surface area contributed by atoms with Gasteiger partial charge in [-0.2, -0.15) is 0 Å². The van der Waals surface area contributed by atoms with E-state index < -0.39 is 6.10 Å². The van der Waals surface area contributed by atoms with E-state index in [1.165, 1.54) is 0 Å². The Morgan fingerprint density at radius 3 is 2.42 bits per heavy atom. The van der Waals surface area contributed by atoms with E-state index in [9.17, 15) is 5.11 Å². The molecule has 1 N–H and O–H groups in total. The van der Waals surface area contributed by atoms with Crippen LogP contribution in [0.1, 0.15) is 31.1 Å². The van der Waals surface area contributed by atoms with E-state index >= 15 is 0 Å². The number of hydrogen-bond acceptors (Lipinski definition) is 3. The molecule has 130 valence electrons. The molecule has 0 aliphatic carbocycles. The van der Waals surface area contributed by atoms with Crippen LogP contribution < -0.4 is 4.74 Å². The van der Waals surface area contributed by atoms with Gasteiger partial charge in [0.15, 0.2) is 0 Å². The van der Waals surface area contributed by atoms with Crippen LogP contribution in [0.4, 0.5) is 0 Å². The largest absolute Gasteiger partial charge is 0.489 e. The second-order valence-electron chi connectivity index (χ2n) is 5.60. The van der Waals surface area contributed by atoms with Gasteiger partial charge in [-0.05, 0) is 49.0 Å². The van der Waals surface area contributed by atoms with Crippen molar-refractivity contribution >= 4 is 27.5 Å². The fourth-order valence-corrected chi connectivity index (χ4v) is 2.98. The second-order valence-corrected chi connectivity index (χ2v) is 6.95. The molecule has 3 nitrogen and oxygen atoms in total. The number of nitrogens with zero attached hydrogens (tertiary/aromatic N) is 1. The molecule has 2 rings (SSSR count). The molecule has 2 aromatic carbocycles. The highest BCUT2D eigenvalue weighted by Crippen LogP contribution is 2.30. The summed E-state index contributed by atoms with van der Waals surface area (Å²) in [6.07, 6.45) is -0.595. The topological polar surface area (TPSA) is 32.7 Å². The van der Waals surface area contributed by atoms with E-state index in [1.807, 2.05) is 42.5 Å². The number of rotatable bonds is 8. The van der Waals surface area contributed by atoms with Crippen molar-refractivity contribution in [3.8, 4) is 5.75 Å². The van der Waals surface area contributed by atoms with E-state index in [0.29, 0.717) is 23.9 Å². The molecule has 0 aliphatic rings. The summed E-state index contributed by atoms with van der Waals surface area (Å²) in [5.74, 6) is 0.702. The molecule has 24 heavy (non-hydrogen) atoms. The number of benzene rings is 2. The summed E-state index contributed by atoms with van der Waals surface area (Å²) in [5.41, 5.74) is 1.83. The van der Waals surface area contributed by atoms with Crippen LogP contribution in [0.15, 0.2) is 46.9 Å². The average Bonchev–Trinajstić information content (AvgIpc) is 2.59. The van der Waals surface area contributed by atoms with Crippen LogP contribution >= 0.6 is 27.5 Å². The summed E-state index contributed by atoms with van der Waals surface area (Å²) >= 11 is 9.38. The van der Waals surface area contributed by atoms with Crippen molar-refractivity contribution in [2.45, 2.75) is 26.6 Å². The molecule has 0 amide bonds. The van der Waals surface area contributed by atoms with E-state index in [4.69, 9.17) is 16.3 Å². The monoisotopic (exact) mass is 411 g/mol. The van der Waals surface area contributed by atoms with Crippen LogP contribution in [-0.2, 0) is 6.61 Å². The van der Waals surface area contributed by atoms with Crippen molar-refractivity contribution in [2.24, 2.45) is 0 Å². The normalized spacial score (nSPS) is 12.4. The lowest BCUT2D eigenvalue weighted by Gasteiger charge is -2.23. The van der Waals surface area contributed by atoms with Gasteiger partial charge in [0.2, 0.25) is 0 Å². The summed E-state index contributed by atoms with van der Waals surface area (Å²) in [6, 6.07) is 13.3. The van der Waals surface area contributed by atoms with Crippen molar-refractivity contribution < 1.29 is 9.84 Å². The third-order valence-corrected chi connectivity index (χ3v) is 4.71. The highest BCUT2D eigenvalue weighted by Gasteiger charge is 2.17. The third kappa shape index (κ3) is 5.49. The van der Waals surface area contributed by atoms with Gasteiger partial charge in [0.05, 0.1) is 6.10 Å². The number of aliphatic hydroxyl groups is 1. The predicted octanol–water partition coefficient (Wildman–Crippen LogP) is 5.06. The SMILES string of the molecule is CCN(CC)C[C@H](O)c1cc(Br)ccc1OCc1ccc(Cl)cc1. The molecule has 0 saturated carbocycles. The van der Waals surface area contributed by atoms with Gasteiger partial charge in [-0.1, -0.05) is 53.5 Å². The summed E-state index contributed by atoms with van der Waals surface area (Å²) in [4.78, 5) is 2.19. The zero-order valence-electron chi connectivity index (χ0n) is 14.0. The van der Waals surface area contributed by atoms with Crippen LogP contribution in [0.25, 0.3) is 0 Å². The molecular formula is C19H23BrClNO2. The molecule has 0 fully saturated rings. The van der Waals surface area contributed by atoms with Gasteiger partial charge in [-0.3, -0.25) is 0 Å². The van der Waals surface area contributed by atoms with Gasteiger partial charge in [-0.25, -0.2) is 0 Å². The molecule has 0 unspecified atom stereocenters. The maximum Gasteiger partial charge on any atom is 0.125 e. The first-order valence-corrected chi connectivity index (χ1v) is 9.27. The van der Waals surface area contributed by atoms with E-state index in [0.717, 1.165) is 28.7 Å². The predicted molar refractivity (Wildman–Crippen MR) is 103 cm³/mol. The fraction of sp³-hybridized carbons (Fsp3) is 0.368. The Kier molecular flexibility index (Phi) is 7.56. The highest BCUT2D eigenvalue weighted by atomic mass is 79.9. The summed E-state index contributed by atoms with van der Waals surface area (Å²) in [5, 5.41) is 11.3. The molecule has 2 aromatic rings. The van der Waals surface area contributed by atoms with Crippen LogP contribution in [0.3, 0.4) is 0 Å². The minimum absolute atomic E-state index is 0.434. The molecule has 0 radical (unpaired) electrons. The van der Waals surface area contributed by atoms with E-state index in [-0.39, 0.29) is 0 Å². The van der Waals surface area contributed by atoms with Crippen molar-refractivity contribution in [3.63, 3.8) is 0 Å². The Bertz CT molecular complexity index is 644. The van der Waals surface area contributed by atoms with E-state index in [2.05, 4.69) is 34.7 Å². The van der Waals surface area contributed by atoms with Crippen LogP contribution in [-0.4, -0.2) is 29.6 Å². The number of ether oxygens (including phenoxy) is 1. The Hall–Kier alpha value is -1.07. The van der Waals surface area contributed by atoms with Gasteiger partial charge >= 0.3 is 0 Å². The molecule has 0 heterocycles. The molecule has 0 aromatic heterocycles. The molecule has 1 atom stereocenters.